The minimum Gasteiger partial charge on any atom is -0.493 e. The van der Waals surface area contributed by atoms with E-state index in [1.807, 2.05) is 43.3 Å². The van der Waals surface area contributed by atoms with Crippen LogP contribution in [0, 0.1) is 0 Å². The van der Waals surface area contributed by atoms with Crippen LogP contribution in [0.5, 0.6) is 11.5 Å². The average Bonchev–Trinajstić information content (AvgIpc) is 2.54. The molecule has 0 amide bonds. The SMILES string of the molecule is CCc1cc(OC)c(OC)cc1C(=O)Cc1ccccc1. The summed E-state index contributed by atoms with van der Waals surface area (Å²) in [6.45, 7) is 2.03. The van der Waals surface area contributed by atoms with Crippen molar-refractivity contribution >= 4 is 5.78 Å². The predicted octanol–water partition coefficient (Wildman–Crippen LogP) is 3.69. The van der Waals surface area contributed by atoms with Crippen molar-refractivity contribution in [3.05, 3.63) is 59.2 Å². The van der Waals surface area contributed by atoms with Crippen molar-refractivity contribution in [2.45, 2.75) is 19.8 Å². The van der Waals surface area contributed by atoms with Crippen LogP contribution in [0.3, 0.4) is 0 Å². The lowest BCUT2D eigenvalue weighted by Gasteiger charge is -2.13. The van der Waals surface area contributed by atoms with Gasteiger partial charge in [0.25, 0.3) is 0 Å². The fourth-order valence-corrected chi connectivity index (χ4v) is 2.35. The molecule has 3 nitrogen and oxygen atoms in total. The van der Waals surface area contributed by atoms with Crippen LogP contribution in [0.1, 0.15) is 28.4 Å². The maximum absolute atomic E-state index is 12.6. The standard InChI is InChI=1S/C18H20O3/c1-4-14-11-17(20-2)18(21-3)12-15(14)16(19)10-13-8-6-5-7-9-13/h5-9,11-12H,4,10H2,1-3H3. The first-order chi connectivity index (χ1) is 10.2. The van der Waals surface area contributed by atoms with Gasteiger partial charge in [-0.05, 0) is 29.7 Å². The lowest BCUT2D eigenvalue weighted by Crippen LogP contribution is -2.08. The summed E-state index contributed by atoms with van der Waals surface area (Å²) < 4.78 is 10.6. The molecule has 0 saturated carbocycles. The minimum atomic E-state index is 0.0963. The molecule has 110 valence electrons. The van der Waals surface area contributed by atoms with Crippen molar-refractivity contribution < 1.29 is 14.3 Å². The van der Waals surface area contributed by atoms with E-state index in [9.17, 15) is 4.79 Å². The molecule has 0 heterocycles. The molecule has 2 rings (SSSR count). The highest BCUT2D eigenvalue weighted by atomic mass is 16.5. The van der Waals surface area contributed by atoms with E-state index in [0.717, 1.165) is 17.5 Å². The van der Waals surface area contributed by atoms with Crippen molar-refractivity contribution in [1.82, 2.24) is 0 Å². The van der Waals surface area contributed by atoms with Crippen LogP contribution >= 0.6 is 0 Å². The monoisotopic (exact) mass is 284 g/mol. The summed E-state index contributed by atoms with van der Waals surface area (Å²) in [5.41, 5.74) is 2.70. The van der Waals surface area contributed by atoms with E-state index in [-0.39, 0.29) is 5.78 Å². The van der Waals surface area contributed by atoms with Gasteiger partial charge in [-0.15, -0.1) is 0 Å². The van der Waals surface area contributed by atoms with E-state index in [4.69, 9.17) is 9.47 Å². The topological polar surface area (TPSA) is 35.5 Å². The fraction of sp³-hybridized carbons (Fsp3) is 0.278. The first-order valence-corrected chi connectivity index (χ1v) is 7.01. The minimum absolute atomic E-state index is 0.0963. The maximum Gasteiger partial charge on any atom is 0.167 e. The lowest BCUT2D eigenvalue weighted by atomic mass is 9.96. The van der Waals surface area contributed by atoms with Gasteiger partial charge in [0.15, 0.2) is 17.3 Å². The van der Waals surface area contributed by atoms with Crippen LogP contribution in [-0.2, 0) is 12.8 Å². The van der Waals surface area contributed by atoms with Crippen molar-refractivity contribution in [1.29, 1.82) is 0 Å². The number of hydrogen-bond donors (Lipinski definition) is 0. The van der Waals surface area contributed by atoms with E-state index in [0.29, 0.717) is 23.5 Å². The van der Waals surface area contributed by atoms with Gasteiger partial charge in [0.2, 0.25) is 0 Å². The number of hydrogen-bond acceptors (Lipinski definition) is 3. The molecule has 0 radical (unpaired) electrons. The summed E-state index contributed by atoms with van der Waals surface area (Å²) >= 11 is 0. The summed E-state index contributed by atoms with van der Waals surface area (Å²) in [6.07, 6.45) is 1.17. The van der Waals surface area contributed by atoms with E-state index >= 15 is 0 Å². The molecule has 0 saturated heterocycles. The molecule has 0 atom stereocenters. The molecule has 21 heavy (non-hydrogen) atoms. The first-order valence-electron chi connectivity index (χ1n) is 7.01. The van der Waals surface area contributed by atoms with Crippen LogP contribution in [-0.4, -0.2) is 20.0 Å². The van der Waals surface area contributed by atoms with E-state index < -0.39 is 0 Å². The molecule has 2 aromatic rings. The molecule has 3 heteroatoms. The molecule has 0 spiro atoms. The second kappa shape index (κ2) is 6.93. The molecule has 0 aliphatic heterocycles. The quantitative estimate of drug-likeness (QED) is 0.759. The molecule has 0 aliphatic carbocycles. The number of rotatable bonds is 6. The Morgan fingerprint density at radius 2 is 1.62 bits per heavy atom. The van der Waals surface area contributed by atoms with Gasteiger partial charge >= 0.3 is 0 Å². The molecule has 0 aromatic heterocycles. The Morgan fingerprint density at radius 1 is 1.00 bits per heavy atom. The number of aryl methyl sites for hydroxylation is 1. The highest BCUT2D eigenvalue weighted by Crippen LogP contribution is 2.31. The zero-order chi connectivity index (χ0) is 15.2. The fourth-order valence-electron chi connectivity index (χ4n) is 2.35. The van der Waals surface area contributed by atoms with Crippen molar-refractivity contribution in [2.24, 2.45) is 0 Å². The number of ketones is 1. The Balaban J connectivity index is 2.35. The average molecular weight is 284 g/mol. The smallest absolute Gasteiger partial charge is 0.167 e. The van der Waals surface area contributed by atoms with Crippen molar-refractivity contribution in [3.63, 3.8) is 0 Å². The maximum atomic E-state index is 12.6. The van der Waals surface area contributed by atoms with Gasteiger partial charge in [0.05, 0.1) is 14.2 Å². The van der Waals surface area contributed by atoms with Gasteiger partial charge in [0.1, 0.15) is 0 Å². The second-order valence-corrected chi connectivity index (χ2v) is 4.80. The van der Waals surface area contributed by atoms with Gasteiger partial charge in [-0.1, -0.05) is 37.3 Å². The third kappa shape index (κ3) is 3.43. The van der Waals surface area contributed by atoms with E-state index in [2.05, 4.69) is 0 Å². The summed E-state index contributed by atoms with van der Waals surface area (Å²) in [7, 11) is 3.18. The van der Waals surface area contributed by atoms with Gasteiger partial charge in [-0.25, -0.2) is 0 Å². The summed E-state index contributed by atoms with van der Waals surface area (Å²) in [5, 5.41) is 0. The molecule has 0 aliphatic rings. The van der Waals surface area contributed by atoms with Gasteiger partial charge in [-0.3, -0.25) is 4.79 Å². The summed E-state index contributed by atoms with van der Waals surface area (Å²) in [5.74, 6) is 1.34. The van der Waals surface area contributed by atoms with Crippen molar-refractivity contribution in [3.8, 4) is 11.5 Å². The zero-order valence-corrected chi connectivity index (χ0v) is 12.7. The largest absolute Gasteiger partial charge is 0.493 e. The van der Waals surface area contributed by atoms with Gasteiger partial charge in [-0.2, -0.15) is 0 Å². The highest BCUT2D eigenvalue weighted by Gasteiger charge is 2.16. The molecule has 0 unspecified atom stereocenters. The van der Waals surface area contributed by atoms with Gasteiger partial charge < -0.3 is 9.47 Å². The predicted molar refractivity (Wildman–Crippen MR) is 83.4 cm³/mol. The molecular formula is C18H20O3. The molecule has 2 aromatic carbocycles. The van der Waals surface area contributed by atoms with E-state index in [1.54, 1.807) is 20.3 Å². The lowest BCUT2D eigenvalue weighted by molar-refractivity contribution is 0.0991. The van der Waals surface area contributed by atoms with Crippen LogP contribution in [0.15, 0.2) is 42.5 Å². The van der Waals surface area contributed by atoms with Gasteiger partial charge in [0, 0.05) is 12.0 Å². The molecule has 0 N–H and O–H groups in total. The van der Waals surface area contributed by atoms with Crippen LogP contribution in [0.2, 0.25) is 0 Å². The Morgan fingerprint density at radius 3 is 2.19 bits per heavy atom. The zero-order valence-electron chi connectivity index (χ0n) is 12.7. The number of benzene rings is 2. The number of methoxy groups -OCH3 is 2. The number of ether oxygens (including phenoxy) is 2. The third-order valence-corrected chi connectivity index (χ3v) is 3.50. The molecule has 0 fully saturated rings. The van der Waals surface area contributed by atoms with Crippen LogP contribution < -0.4 is 9.47 Å². The van der Waals surface area contributed by atoms with Crippen LogP contribution in [0.4, 0.5) is 0 Å². The summed E-state index contributed by atoms with van der Waals surface area (Å²) in [6, 6.07) is 13.4. The number of carbonyl (C=O) groups excluding carboxylic acids is 1. The number of Topliss-reactive ketones (excluding diaryl/α,β-unsaturated/α-hetero) is 1. The van der Waals surface area contributed by atoms with E-state index in [1.165, 1.54) is 0 Å². The highest BCUT2D eigenvalue weighted by molar-refractivity contribution is 5.99. The molecule has 0 bridgehead atoms. The van der Waals surface area contributed by atoms with Crippen molar-refractivity contribution in [2.75, 3.05) is 14.2 Å². The third-order valence-electron chi connectivity index (χ3n) is 3.50. The summed E-state index contributed by atoms with van der Waals surface area (Å²) in [4.78, 5) is 12.6. The van der Waals surface area contributed by atoms with Crippen LogP contribution in [0.25, 0.3) is 0 Å². The first kappa shape index (κ1) is 15.1. The Labute approximate surface area is 125 Å². The molecular weight excluding hydrogens is 264 g/mol. The Bertz CT molecular complexity index is 618. The normalized spacial score (nSPS) is 10.2. The second-order valence-electron chi connectivity index (χ2n) is 4.80. The number of carbonyl (C=O) groups is 1. The Hall–Kier alpha value is -2.29. The Kier molecular flexibility index (Phi) is 4.99.